The van der Waals surface area contributed by atoms with E-state index < -0.39 is 140 Å². The number of amides is 6. The topological polar surface area (TPSA) is 553 Å². The Hall–Kier alpha value is -7.79. The molecular weight excluding hydrogens is 1090 g/mol. The van der Waals surface area contributed by atoms with Crippen LogP contribution in [-0.2, 0) is 68.5 Å². The largest absolute Gasteiger partial charge is 0.478 e. The molecule has 75 heavy (non-hydrogen) atoms. The van der Waals surface area contributed by atoms with Gasteiger partial charge in [0.1, 0.15) is 35.7 Å². The molecule has 408 valence electrons. The van der Waals surface area contributed by atoms with Crippen molar-refractivity contribution in [1.82, 2.24) is 39.0 Å². The van der Waals surface area contributed by atoms with Crippen molar-refractivity contribution in [3.05, 3.63) is 22.1 Å². The molecule has 36 nitrogen and oxygen atoms in total. The Bertz CT molecular complexity index is 3010. The maximum atomic E-state index is 13.1. The number of aliphatic carboxylic acids is 2. The summed E-state index contributed by atoms with van der Waals surface area (Å²) in [7, 11) is -10.1. The zero-order valence-electron chi connectivity index (χ0n) is 38.1. The van der Waals surface area contributed by atoms with Crippen LogP contribution in [0.25, 0.3) is 0 Å². The molecule has 40 heteroatoms. The Morgan fingerprint density at radius 2 is 1.11 bits per heavy atom. The Morgan fingerprint density at radius 1 is 0.720 bits per heavy atom. The zero-order chi connectivity index (χ0) is 55.1. The van der Waals surface area contributed by atoms with Crippen molar-refractivity contribution in [1.29, 1.82) is 0 Å². The van der Waals surface area contributed by atoms with Crippen LogP contribution in [0.2, 0.25) is 0 Å². The van der Waals surface area contributed by atoms with Gasteiger partial charge in [-0.25, -0.2) is 42.7 Å². The molecule has 6 amide bonds. The minimum absolute atomic E-state index is 0.00243. The van der Waals surface area contributed by atoms with Crippen LogP contribution in [0.1, 0.15) is 37.1 Å². The van der Waals surface area contributed by atoms with E-state index in [0.29, 0.717) is 0 Å². The average molecular weight is 1140 g/mol. The number of aromatic nitrogens is 2. The minimum Gasteiger partial charge on any atom is -0.478 e. The van der Waals surface area contributed by atoms with E-state index >= 15 is 0 Å². The standard InChI is InChI=1S/C18H23N9O10S2.C17H21N7O10S2/c19-15(20)22-3-7-4-26(17(32)36-7)5-9-11(13(29)27(9)39(33,34)35)24-12(28)10(8-6-38-16(21)23-8)25-37-18(1-2-18)14(30)31;18-3-7-4-23(16(29)33-7)5-9-11(13(26)24(9)36(30,31)32)21-12(25)10(8-6-35-15(19)20-8)22-34-17(1-2-17)14(27)28/h6-7,9,11H,1-5H2,(H2,21,23)(H,24,28)(H,30,31)(H4,19,20,22)(H,33,34,35);6-7,9,11H,1-5,18H2,(H2,19,20)(H,21,25)(H,27,28)(H,30,31,32)/b25-10-;22-10-/t2*7-,9-,11+/m11/s1. The summed E-state index contributed by atoms with van der Waals surface area (Å²) in [5.74, 6) is -7.36. The van der Waals surface area contributed by atoms with Crippen molar-refractivity contribution < 1.29 is 93.7 Å². The lowest BCUT2D eigenvalue weighted by molar-refractivity contribution is -0.154. The predicted octanol–water partition coefficient (Wildman–Crippen LogP) is -6.00. The van der Waals surface area contributed by atoms with E-state index in [9.17, 15) is 74.5 Å². The summed E-state index contributed by atoms with van der Waals surface area (Å²) in [5.41, 5.74) is 22.8. The van der Waals surface area contributed by atoms with Crippen LogP contribution >= 0.6 is 22.7 Å². The number of nitrogens with one attached hydrogen (secondary N) is 2. The summed E-state index contributed by atoms with van der Waals surface area (Å²) in [4.78, 5) is 122. The highest BCUT2D eigenvalue weighted by Crippen LogP contribution is 2.41. The summed E-state index contributed by atoms with van der Waals surface area (Å²) in [6.07, 6.45) is -2.53. The summed E-state index contributed by atoms with van der Waals surface area (Å²) in [5, 5.41) is 33.2. The predicted molar refractivity (Wildman–Crippen MR) is 249 cm³/mol. The second-order valence-corrected chi connectivity index (χ2v) is 21.2. The van der Waals surface area contributed by atoms with Gasteiger partial charge in [-0.3, -0.25) is 28.3 Å². The molecule has 4 saturated heterocycles. The number of nitrogen functional groups attached to an aromatic ring is 2. The fraction of sp³-hybridized carbons (Fsp3) is 0.514. The number of cyclic esters (lactones) is 2. The Balaban J connectivity index is 0.000000219. The van der Waals surface area contributed by atoms with Crippen LogP contribution < -0.4 is 39.3 Å². The fourth-order valence-electron chi connectivity index (χ4n) is 7.41. The molecule has 0 radical (unpaired) electrons. The van der Waals surface area contributed by atoms with Gasteiger partial charge in [0.25, 0.3) is 23.6 Å². The number of hydrogen-bond donors (Lipinski definition) is 11. The van der Waals surface area contributed by atoms with Crippen LogP contribution in [0.4, 0.5) is 19.9 Å². The lowest BCUT2D eigenvalue weighted by Gasteiger charge is -2.45. The number of β-lactam (4-membered cyclic amide) rings is 2. The van der Waals surface area contributed by atoms with Crippen LogP contribution in [0.3, 0.4) is 0 Å². The van der Waals surface area contributed by atoms with E-state index in [1.54, 1.807) is 0 Å². The molecule has 2 saturated carbocycles. The minimum atomic E-state index is -5.08. The molecule has 6 fully saturated rings. The average Bonchev–Trinajstić information content (AvgIpc) is 4.10. The first-order valence-electron chi connectivity index (χ1n) is 21.4. The van der Waals surface area contributed by atoms with Gasteiger partial charge < -0.3 is 78.5 Å². The summed E-state index contributed by atoms with van der Waals surface area (Å²) < 4.78 is 76.6. The van der Waals surface area contributed by atoms with Gasteiger partial charge in [0.2, 0.25) is 11.2 Å². The van der Waals surface area contributed by atoms with Crippen LogP contribution in [0, 0.1) is 0 Å². The molecule has 2 aromatic rings. The molecule has 0 aromatic carbocycles. The summed E-state index contributed by atoms with van der Waals surface area (Å²) in [6.45, 7) is -1.05. The summed E-state index contributed by atoms with van der Waals surface area (Å²) in [6, 6.07) is -5.90. The number of aliphatic imine (C=N–C) groups is 1. The molecule has 4 aliphatic heterocycles. The number of carbonyl (C=O) groups excluding carboxylic acids is 6. The van der Waals surface area contributed by atoms with Gasteiger partial charge in [0, 0.05) is 56.1 Å². The number of carbonyl (C=O) groups is 8. The number of anilines is 2. The number of nitrogens with zero attached hydrogens (tertiary/aromatic N) is 9. The van der Waals surface area contributed by atoms with Crippen LogP contribution in [-0.4, -0.2) is 217 Å². The Morgan fingerprint density at radius 3 is 1.41 bits per heavy atom. The molecule has 0 unspecified atom stereocenters. The Kier molecular flexibility index (Phi) is 15.3. The van der Waals surface area contributed by atoms with E-state index in [2.05, 4.69) is 35.9 Å². The number of rotatable bonds is 21. The number of guanidine groups is 1. The Labute approximate surface area is 428 Å². The third-order valence-electron chi connectivity index (χ3n) is 11.6. The van der Waals surface area contributed by atoms with Crippen LogP contribution in [0.15, 0.2) is 26.1 Å². The number of carboxylic acids is 2. The highest BCUT2D eigenvalue weighted by atomic mass is 32.2. The number of nitrogens with two attached hydrogens (primary N) is 5. The van der Waals surface area contributed by atoms with Gasteiger partial charge in [0.05, 0.1) is 31.7 Å². The van der Waals surface area contributed by atoms with Gasteiger partial charge >= 0.3 is 44.7 Å². The van der Waals surface area contributed by atoms with Crippen molar-refractivity contribution in [3.8, 4) is 0 Å². The summed E-state index contributed by atoms with van der Waals surface area (Å²) >= 11 is 1.89. The number of ether oxygens (including phenoxy) is 2. The second kappa shape index (κ2) is 20.8. The number of hydrogen-bond acceptors (Lipinski definition) is 26. The molecule has 0 spiro atoms. The van der Waals surface area contributed by atoms with E-state index in [0.717, 1.165) is 32.5 Å². The van der Waals surface area contributed by atoms with Crippen molar-refractivity contribution in [2.75, 3.05) is 50.7 Å². The SMILES string of the molecule is NC(N)=NC[C@@H]1CN(C[C@@H]2[C@H](NC(=O)/C(=N\OC3(C(=O)O)CC3)c3csc(N)n3)C(=O)N2S(=O)(=O)O)C(=O)O1.NC[C@@H]1CN(C[C@@H]2[C@H](NC(=O)/C(=N\OC3(C(=O)O)CC3)c3csc(N)n3)C(=O)N2S(=O)(=O)O)C(=O)O1. The number of oxime groups is 2. The lowest BCUT2D eigenvalue weighted by Crippen LogP contribution is -2.74. The normalized spacial score (nSPS) is 24.6. The number of carboxylic acid groups (broad SMARTS) is 2. The van der Waals surface area contributed by atoms with Gasteiger partial charge in [-0.15, -0.1) is 22.7 Å². The van der Waals surface area contributed by atoms with E-state index in [-0.39, 0.29) is 88.1 Å². The first kappa shape index (κ1) is 55.0. The van der Waals surface area contributed by atoms with E-state index in [1.165, 1.54) is 10.8 Å². The molecule has 2 aromatic heterocycles. The lowest BCUT2D eigenvalue weighted by atomic mass is 9.97. The van der Waals surface area contributed by atoms with Crippen molar-refractivity contribution in [2.24, 2.45) is 32.5 Å². The molecule has 6 heterocycles. The molecule has 16 N–H and O–H groups in total. The van der Waals surface area contributed by atoms with Crippen molar-refractivity contribution >= 4 is 119 Å². The van der Waals surface area contributed by atoms with Gasteiger partial charge in [0.15, 0.2) is 27.6 Å². The van der Waals surface area contributed by atoms with Crippen molar-refractivity contribution in [2.45, 2.75) is 73.3 Å². The van der Waals surface area contributed by atoms with E-state index in [4.69, 9.17) is 47.8 Å². The van der Waals surface area contributed by atoms with Crippen LogP contribution in [0.5, 0.6) is 0 Å². The monoisotopic (exact) mass is 1140 g/mol. The third-order valence-corrected chi connectivity index (χ3v) is 14.9. The molecular formula is C35H44N16O20S4. The fourth-order valence-corrected chi connectivity index (χ4v) is 10.2. The quantitative estimate of drug-likeness (QED) is 0.0182. The van der Waals surface area contributed by atoms with E-state index in [1.807, 2.05) is 0 Å². The molecule has 2 aliphatic carbocycles. The highest BCUT2D eigenvalue weighted by molar-refractivity contribution is 7.84. The van der Waals surface area contributed by atoms with Gasteiger partial charge in [-0.1, -0.05) is 10.3 Å². The first-order valence-corrected chi connectivity index (χ1v) is 25.9. The molecule has 0 bridgehead atoms. The maximum absolute atomic E-state index is 13.1. The van der Waals surface area contributed by atoms with Crippen molar-refractivity contribution in [3.63, 3.8) is 0 Å². The van der Waals surface area contributed by atoms with Gasteiger partial charge in [-0.2, -0.15) is 16.8 Å². The second-order valence-electron chi connectivity index (χ2n) is 16.9. The molecule has 8 rings (SSSR count). The molecule has 6 aliphatic rings. The van der Waals surface area contributed by atoms with Gasteiger partial charge in [-0.05, 0) is 0 Å². The molecule has 6 atom stereocenters. The smallest absolute Gasteiger partial charge is 0.410 e. The third kappa shape index (κ3) is 11.9. The zero-order valence-corrected chi connectivity index (χ0v) is 41.3. The maximum Gasteiger partial charge on any atom is 0.410 e. The highest BCUT2D eigenvalue weighted by Gasteiger charge is 2.59. The number of thiazole rings is 2. The first-order chi connectivity index (χ1) is 35.1.